The van der Waals surface area contributed by atoms with Gasteiger partial charge >= 0.3 is 0 Å². The second kappa shape index (κ2) is 8.17. The van der Waals surface area contributed by atoms with E-state index in [-0.39, 0.29) is 18.4 Å². The van der Waals surface area contributed by atoms with Gasteiger partial charge in [0.25, 0.3) is 0 Å². The van der Waals surface area contributed by atoms with Crippen molar-refractivity contribution in [3.63, 3.8) is 0 Å². The van der Waals surface area contributed by atoms with Crippen molar-refractivity contribution in [1.82, 2.24) is 9.80 Å². The molecule has 1 rings (SSSR count). The van der Waals surface area contributed by atoms with E-state index in [2.05, 4.69) is 0 Å². The van der Waals surface area contributed by atoms with Gasteiger partial charge in [-0.25, -0.2) is 0 Å². The summed E-state index contributed by atoms with van der Waals surface area (Å²) in [6, 6.07) is 7.54. The lowest BCUT2D eigenvalue weighted by Gasteiger charge is -2.19. The van der Waals surface area contributed by atoms with Crippen LogP contribution in [0, 0.1) is 0 Å². The molecular weight excluding hydrogens is 296 g/mol. The zero-order valence-corrected chi connectivity index (χ0v) is 13.5. The van der Waals surface area contributed by atoms with Gasteiger partial charge in [-0.3, -0.25) is 9.59 Å². The van der Waals surface area contributed by atoms with Gasteiger partial charge in [-0.15, -0.1) is 11.8 Å². The van der Waals surface area contributed by atoms with Gasteiger partial charge in [0, 0.05) is 38.2 Å². The molecule has 0 bridgehead atoms. The summed E-state index contributed by atoms with van der Waals surface area (Å²) < 4.78 is 0. The first-order valence-corrected chi connectivity index (χ1v) is 7.59. The van der Waals surface area contributed by atoms with Crippen molar-refractivity contribution in [3.05, 3.63) is 29.3 Å². The average molecular weight is 315 g/mol. The van der Waals surface area contributed by atoms with E-state index in [9.17, 15) is 9.59 Å². The lowest BCUT2D eigenvalue weighted by atomic mass is 10.4. The third-order valence-electron chi connectivity index (χ3n) is 2.71. The van der Waals surface area contributed by atoms with Crippen LogP contribution in [0.5, 0.6) is 0 Å². The van der Waals surface area contributed by atoms with Crippen molar-refractivity contribution in [3.8, 4) is 0 Å². The van der Waals surface area contributed by atoms with Crippen LogP contribution in [0.25, 0.3) is 0 Å². The molecule has 0 atom stereocenters. The molecule has 0 heterocycles. The molecule has 0 spiro atoms. The lowest BCUT2D eigenvalue weighted by molar-refractivity contribution is -0.137. The summed E-state index contributed by atoms with van der Waals surface area (Å²) in [5.74, 6) is 0.516. The smallest absolute Gasteiger partial charge is 0.241 e. The zero-order chi connectivity index (χ0) is 15.1. The molecule has 20 heavy (non-hydrogen) atoms. The number of halogens is 1. The molecule has 0 unspecified atom stereocenters. The molecular formula is C14H19ClN2O2S. The van der Waals surface area contributed by atoms with Gasteiger partial charge in [0.2, 0.25) is 11.8 Å². The highest BCUT2D eigenvalue weighted by Gasteiger charge is 2.14. The summed E-state index contributed by atoms with van der Waals surface area (Å²) in [5, 5.41) is 0.695. The van der Waals surface area contributed by atoms with Crippen LogP contribution in [-0.2, 0) is 9.59 Å². The number of hydrogen-bond donors (Lipinski definition) is 0. The van der Waals surface area contributed by atoms with Crippen LogP contribution in [0.2, 0.25) is 5.02 Å². The number of thioether (sulfide) groups is 1. The molecule has 0 radical (unpaired) electrons. The number of carbonyl (C=O) groups is 2. The summed E-state index contributed by atoms with van der Waals surface area (Å²) in [6.45, 7) is 0.114. The Morgan fingerprint density at radius 1 is 1.15 bits per heavy atom. The molecule has 6 heteroatoms. The Kier molecular flexibility index (Phi) is 6.88. The first-order chi connectivity index (χ1) is 9.41. The molecule has 1 aromatic carbocycles. The van der Waals surface area contributed by atoms with E-state index < -0.39 is 0 Å². The third-order valence-corrected chi connectivity index (χ3v) is 4.22. The van der Waals surface area contributed by atoms with E-state index in [0.717, 1.165) is 4.90 Å². The predicted octanol–water partition coefficient (Wildman–Crippen LogP) is 2.37. The normalized spacial score (nSPS) is 10.2. The van der Waals surface area contributed by atoms with Gasteiger partial charge in [-0.2, -0.15) is 0 Å². The van der Waals surface area contributed by atoms with Crippen LogP contribution in [0.15, 0.2) is 29.2 Å². The number of carbonyl (C=O) groups excluding carboxylic acids is 2. The fourth-order valence-electron chi connectivity index (χ4n) is 1.43. The number of nitrogens with zero attached hydrogens (tertiary/aromatic N) is 2. The van der Waals surface area contributed by atoms with Gasteiger partial charge in [-0.1, -0.05) is 23.7 Å². The lowest BCUT2D eigenvalue weighted by Crippen LogP contribution is -2.37. The quantitative estimate of drug-likeness (QED) is 0.757. The number of rotatable bonds is 6. The number of benzene rings is 1. The van der Waals surface area contributed by atoms with Crippen molar-refractivity contribution in [2.75, 3.05) is 33.4 Å². The minimum atomic E-state index is -0.0837. The van der Waals surface area contributed by atoms with Crippen molar-refractivity contribution < 1.29 is 9.59 Å². The Bertz CT molecular complexity index is 480. The molecule has 2 amide bonds. The van der Waals surface area contributed by atoms with Crippen LogP contribution < -0.4 is 0 Å². The maximum absolute atomic E-state index is 11.9. The molecule has 0 saturated heterocycles. The molecule has 110 valence electrons. The summed E-state index contributed by atoms with van der Waals surface area (Å²) in [4.78, 5) is 27.3. The summed E-state index contributed by atoms with van der Waals surface area (Å²) >= 11 is 7.58. The maximum atomic E-state index is 11.9. The Balaban J connectivity index is 2.36. The SMILES string of the molecule is CN(C)C(=O)CN(C)C(=O)CCSc1ccccc1Cl. The Morgan fingerprint density at radius 3 is 2.40 bits per heavy atom. The molecule has 0 aliphatic heterocycles. The van der Waals surface area contributed by atoms with Crippen LogP contribution in [-0.4, -0.2) is 55.1 Å². The van der Waals surface area contributed by atoms with Crippen molar-refractivity contribution in [2.24, 2.45) is 0 Å². The van der Waals surface area contributed by atoms with Gasteiger partial charge < -0.3 is 9.80 Å². The molecule has 0 N–H and O–H groups in total. The van der Waals surface area contributed by atoms with E-state index in [1.165, 1.54) is 9.80 Å². The van der Waals surface area contributed by atoms with Gasteiger partial charge in [-0.05, 0) is 12.1 Å². The first-order valence-electron chi connectivity index (χ1n) is 6.23. The van der Waals surface area contributed by atoms with Crippen molar-refractivity contribution in [2.45, 2.75) is 11.3 Å². The molecule has 0 fully saturated rings. The second-order valence-corrected chi connectivity index (χ2v) is 6.11. The van der Waals surface area contributed by atoms with E-state index in [0.29, 0.717) is 17.2 Å². The van der Waals surface area contributed by atoms with Gasteiger partial charge in [0.1, 0.15) is 0 Å². The van der Waals surface area contributed by atoms with Crippen molar-refractivity contribution in [1.29, 1.82) is 0 Å². The van der Waals surface area contributed by atoms with E-state index in [1.807, 2.05) is 24.3 Å². The fourth-order valence-corrected chi connectivity index (χ4v) is 2.61. The fraction of sp³-hybridized carbons (Fsp3) is 0.429. The second-order valence-electron chi connectivity index (χ2n) is 4.57. The predicted molar refractivity (Wildman–Crippen MR) is 83.1 cm³/mol. The molecule has 0 aromatic heterocycles. The number of hydrogen-bond acceptors (Lipinski definition) is 3. The molecule has 1 aromatic rings. The van der Waals surface area contributed by atoms with Gasteiger partial charge in [0.05, 0.1) is 11.6 Å². The van der Waals surface area contributed by atoms with Crippen LogP contribution in [0.1, 0.15) is 6.42 Å². The molecule has 0 aliphatic carbocycles. The Labute approximate surface area is 129 Å². The molecule has 0 aliphatic rings. The average Bonchev–Trinajstić information content (AvgIpc) is 2.40. The number of amides is 2. The van der Waals surface area contributed by atoms with Crippen LogP contribution in [0.4, 0.5) is 0 Å². The van der Waals surface area contributed by atoms with Crippen LogP contribution >= 0.6 is 23.4 Å². The highest BCUT2D eigenvalue weighted by molar-refractivity contribution is 7.99. The summed E-state index contributed by atoms with van der Waals surface area (Å²) in [6.07, 6.45) is 0.382. The highest BCUT2D eigenvalue weighted by Crippen LogP contribution is 2.26. The Hall–Kier alpha value is -1.20. The molecule has 0 saturated carbocycles. The van der Waals surface area contributed by atoms with Gasteiger partial charge in [0.15, 0.2) is 0 Å². The minimum absolute atomic E-state index is 0.0419. The summed E-state index contributed by atoms with van der Waals surface area (Å²) in [7, 11) is 4.99. The Morgan fingerprint density at radius 2 is 1.80 bits per heavy atom. The monoisotopic (exact) mass is 314 g/mol. The zero-order valence-electron chi connectivity index (χ0n) is 11.9. The molecule has 4 nitrogen and oxygen atoms in total. The highest BCUT2D eigenvalue weighted by atomic mass is 35.5. The summed E-state index contributed by atoms with van der Waals surface area (Å²) in [5.41, 5.74) is 0. The van der Waals surface area contributed by atoms with E-state index in [1.54, 1.807) is 32.9 Å². The largest absolute Gasteiger partial charge is 0.347 e. The standard InChI is InChI=1S/C14H19ClN2O2S/c1-16(2)14(19)10-17(3)13(18)8-9-20-12-7-5-4-6-11(12)15/h4-7H,8-10H2,1-3H3. The minimum Gasteiger partial charge on any atom is -0.347 e. The van der Waals surface area contributed by atoms with E-state index >= 15 is 0 Å². The first kappa shape index (κ1) is 16.9. The van der Waals surface area contributed by atoms with E-state index in [4.69, 9.17) is 11.6 Å². The van der Waals surface area contributed by atoms with Crippen LogP contribution in [0.3, 0.4) is 0 Å². The maximum Gasteiger partial charge on any atom is 0.241 e. The third kappa shape index (κ3) is 5.43. The van der Waals surface area contributed by atoms with Crippen molar-refractivity contribution >= 4 is 35.2 Å². The topological polar surface area (TPSA) is 40.6 Å². The number of likely N-dealkylation sites (N-methyl/N-ethyl adjacent to an activating group) is 2.